The van der Waals surface area contributed by atoms with Crippen LogP contribution in [0.1, 0.15) is 94.9 Å². The molecule has 0 aromatic rings. The van der Waals surface area contributed by atoms with Crippen molar-refractivity contribution in [2.24, 2.45) is 23.7 Å². The van der Waals surface area contributed by atoms with E-state index in [2.05, 4.69) is 69.2 Å². The largest absolute Gasteiger partial charge is 0.418 e. The first kappa shape index (κ1) is 26.4. The second-order valence-electron chi connectivity index (χ2n) is 9.35. The van der Waals surface area contributed by atoms with E-state index in [9.17, 15) is 0 Å². The lowest BCUT2D eigenvalue weighted by molar-refractivity contribution is -0.0234. The molecular weight excluding hydrogens is 352 g/mol. The van der Waals surface area contributed by atoms with Crippen molar-refractivity contribution in [3.05, 3.63) is 0 Å². The maximum atomic E-state index is 6.56. The van der Waals surface area contributed by atoms with Crippen molar-refractivity contribution in [2.75, 3.05) is 0 Å². The first-order valence-corrected chi connectivity index (χ1v) is 14.5. The van der Waals surface area contributed by atoms with Gasteiger partial charge in [-0.1, -0.05) is 82.1 Å². The third-order valence-corrected chi connectivity index (χ3v) is 9.86. The van der Waals surface area contributed by atoms with Crippen molar-refractivity contribution in [2.45, 2.75) is 118 Å². The highest BCUT2D eigenvalue weighted by atomic mass is 28.2. The zero-order valence-electron chi connectivity index (χ0n) is 19.8. The van der Waals surface area contributed by atoms with Gasteiger partial charge in [0.25, 0.3) is 0 Å². The Balaban J connectivity index is 4.15. The van der Waals surface area contributed by atoms with Crippen LogP contribution in [0.25, 0.3) is 0 Å². The van der Waals surface area contributed by atoms with Gasteiger partial charge in [0.05, 0.1) is 11.2 Å². The Morgan fingerprint density at radius 3 is 1.04 bits per heavy atom. The van der Waals surface area contributed by atoms with E-state index in [0.717, 1.165) is 12.8 Å². The van der Waals surface area contributed by atoms with Crippen molar-refractivity contribution < 1.29 is 8.85 Å². The lowest BCUT2D eigenvalue weighted by Crippen LogP contribution is -2.44. The molecule has 0 aliphatic heterocycles. The summed E-state index contributed by atoms with van der Waals surface area (Å²) >= 11 is 0. The summed E-state index contributed by atoms with van der Waals surface area (Å²) in [6.07, 6.45) is 4.95. The van der Waals surface area contributed by atoms with E-state index in [1.807, 2.05) is 0 Å². The highest BCUT2D eigenvalue weighted by Crippen LogP contribution is 2.34. The van der Waals surface area contributed by atoms with Gasteiger partial charge in [0, 0.05) is 0 Å². The van der Waals surface area contributed by atoms with Crippen molar-refractivity contribution in [3.8, 4) is 0 Å². The minimum absolute atomic E-state index is 0.110. The molecule has 0 aromatic carbocycles. The summed E-state index contributed by atoms with van der Waals surface area (Å²) in [6, 6.07) is 2.64. The van der Waals surface area contributed by atoms with Gasteiger partial charge in [-0.3, -0.25) is 0 Å². The summed E-state index contributed by atoms with van der Waals surface area (Å²) in [7, 11) is -0.813. The molecule has 0 saturated heterocycles. The average molecular weight is 403 g/mol. The smallest absolute Gasteiger partial charge is 0.162 e. The fraction of sp³-hybridized carbons (Fsp3) is 1.00. The van der Waals surface area contributed by atoms with Crippen molar-refractivity contribution >= 4 is 19.5 Å². The SMILES string of the molecule is CCC(O[SiH2]CCCC[SiH2]OC(CC)(C(C)C)C(C)C)(C(C)C)C(C)C. The van der Waals surface area contributed by atoms with Crippen LogP contribution in [0, 0.1) is 23.7 Å². The van der Waals surface area contributed by atoms with Crippen LogP contribution in [0.15, 0.2) is 0 Å². The number of unbranched alkanes of at least 4 members (excludes halogenated alkanes) is 1. The van der Waals surface area contributed by atoms with E-state index in [-0.39, 0.29) is 11.2 Å². The molecule has 0 radical (unpaired) electrons. The molecule has 0 N–H and O–H groups in total. The molecule has 0 fully saturated rings. The van der Waals surface area contributed by atoms with Gasteiger partial charge in [0.2, 0.25) is 0 Å². The van der Waals surface area contributed by atoms with Crippen LogP contribution in [0.3, 0.4) is 0 Å². The Morgan fingerprint density at radius 1 is 0.577 bits per heavy atom. The zero-order valence-corrected chi connectivity index (χ0v) is 22.6. The standard InChI is InChI=1S/C22H50O2Si2/c1-11-21(17(3)4,18(5)6)23-25-15-13-14-16-26-24-22(12-2,19(7)8)20(9)10/h17-20H,11-16,25-26H2,1-10H3. The topological polar surface area (TPSA) is 18.5 Å². The Kier molecular flexibility index (Phi) is 12.9. The molecule has 0 atom stereocenters. The monoisotopic (exact) mass is 402 g/mol. The summed E-state index contributed by atoms with van der Waals surface area (Å²) in [6.45, 7) is 23.2. The van der Waals surface area contributed by atoms with Gasteiger partial charge in [0.15, 0.2) is 19.5 Å². The fourth-order valence-corrected chi connectivity index (χ4v) is 8.82. The molecule has 0 bridgehead atoms. The van der Waals surface area contributed by atoms with Crippen molar-refractivity contribution in [3.63, 3.8) is 0 Å². The van der Waals surface area contributed by atoms with Gasteiger partial charge in [-0.25, -0.2) is 0 Å². The van der Waals surface area contributed by atoms with Crippen LogP contribution < -0.4 is 0 Å². The Labute approximate surface area is 170 Å². The third kappa shape index (κ3) is 7.07. The summed E-state index contributed by atoms with van der Waals surface area (Å²) in [4.78, 5) is 0. The van der Waals surface area contributed by atoms with E-state index < -0.39 is 19.5 Å². The van der Waals surface area contributed by atoms with E-state index in [1.54, 1.807) is 0 Å². The van der Waals surface area contributed by atoms with E-state index >= 15 is 0 Å². The predicted octanol–water partition coefficient (Wildman–Crippen LogP) is 5.73. The van der Waals surface area contributed by atoms with Crippen molar-refractivity contribution in [1.82, 2.24) is 0 Å². The molecule has 158 valence electrons. The van der Waals surface area contributed by atoms with Gasteiger partial charge in [-0.2, -0.15) is 0 Å². The first-order chi connectivity index (χ1) is 12.1. The summed E-state index contributed by atoms with van der Waals surface area (Å²) in [5.41, 5.74) is 0.221. The molecule has 0 spiro atoms. The number of hydrogen-bond donors (Lipinski definition) is 0. The van der Waals surface area contributed by atoms with Gasteiger partial charge >= 0.3 is 0 Å². The van der Waals surface area contributed by atoms with Gasteiger partial charge in [-0.05, 0) is 48.6 Å². The third-order valence-electron chi connectivity index (χ3n) is 6.79. The molecule has 0 unspecified atom stereocenters. The Hall–Kier alpha value is 0.354. The summed E-state index contributed by atoms with van der Waals surface area (Å²) in [5, 5.41) is 0. The molecule has 4 heteroatoms. The summed E-state index contributed by atoms with van der Waals surface area (Å²) < 4.78 is 13.1. The maximum Gasteiger partial charge on any atom is 0.162 e. The highest BCUT2D eigenvalue weighted by molar-refractivity contribution is 6.28. The van der Waals surface area contributed by atoms with Crippen LogP contribution in [-0.2, 0) is 8.85 Å². The van der Waals surface area contributed by atoms with E-state index in [0.29, 0.717) is 23.7 Å². The average Bonchev–Trinajstić information content (AvgIpc) is 2.56. The van der Waals surface area contributed by atoms with Gasteiger partial charge < -0.3 is 8.85 Å². The number of rotatable bonds is 15. The lowest BCUT2D eigenvalue weighted by Gasteiger charge is -2.41. The maximum absolute atomic E-state index is 6.56. The molecule has 0 amide bonds. The van der Waals surface area contributed by atoms with E-state index in [1.165, 1.54) is 24.9 Å². The predicted molar refractivity (Wildman–Crippen MR) is 124 cm³/mol. The fourth-order valence-electron chi connectivity index (χ4n) is 4.92. The Bertz CT molecular complexity index is 304. The molecule has 0 aliphatic carbocycles. The molecule has 0 aliphatic rings. The summed E-state index contributed by atoms with van der Waals surface area (Å²) in [5.74, 6) is 2.43. The first-order valence-electron chi connectivity index (χ1n) is 11.4. The van der Waals surface area contributed by atoms with E-state index in [4.69, 9.17) is 8.85 Å². The molecule has 26 heavy (non-hydrogen) atoms. The minimum atomic E-state index is -0.407. The molecule has 0 aromatic heterocycles. The molecule has 0 rings (SSSR count). The lowest BCUT2D eigenvalue weighted by atomic mass is 9.78. The van der Waals surface area contributed by atoms with Crippen molar-refractivity contribution in [1.29, 1.82) is 0 Å². The van der Waals surface area contributed by atoms with Crippen LogP contribution in [0.2, 0.25) is 12.1 Å². The Morgan fingerprint density at radius 2 is 0.846 bits per heavy atom. The van der Waals surface area contributed by atoms with Crippen LogP contribution in [0.5, 0.6) is 0 Å². The van der Waals surface area contributed by atoms with Gasteiger partial charge in [0.1, 0.15) is 0 Å². The highest BCUT2D eigenvalue weighted by Gasteiger charge is 2.36. The normalized spacial score (nSPS) is 14.5. The second-order valence-corrected chi connectivity index (χ2v) is 12.2. The number of hydrogen-bond acceptors (Lipinski definition) is 2. The molecular formula is C22H50O2Si2. The van der Waals surface area contributed by atoms with Crippen LogP contribution in [-0.4, -0.2) is 30.7 Å². The zero-order chi connectivity index (χ0) is 20.4. The minimum Gasteiger partial charge on any atom is -0.418 e. The molecule has 0 saturated carbocycles. The second kappa shape index (κ2) is 12.7. The quantitative estimate of drug-likeness (QED) is 0.257. The van der Waals surface area contributed by atoms with Crippen LogP contribution >= 0.6 is 0 Å². The van der Waals surface area contributed by atoms with Gasteiger partial charge in [-0.15, -0.1) is 0 Å². The molecule has 2 nitrogen and oxygen atoms in total. The molecule has 0 heterocycles. The van der Waals surface area contributed by atoms with Crippen LogP contribution in [0.4, 0.5) is 0 Å².